The summed E-state index contributed by atoms with van der Waals surface area (Å²) in [7, 11) is 0. The molecule has 0 aliphatic carbocycles. The lowest BCUT2D eigenvalue weighted by Crippen LogP contribution is -2.55. The molecule has 0 bridgehead atoms. The van der Waals surface area contributed by atoms with Gasteiger partial charge in [-0.3, -0.25) is 9.59 Å². The van der Waals surface area contributed by atoms with Gasteiger partial charge in [0.15, 0.2) is 0 Å². The summed E-state index contributed by atoms with van der Waals surface area (Å²) in [6.07, 6.45) is 0.0344. The van der Waals surface area contributed by atoms with Crippen molar-refractivity contribution in [3.05, 3.63) is 65.2 Å². The maximum absolute atomic E-state index is 14.2. The van der Waals surface area contributed by atoms with Gasteiger partial charge < -0.3 is 25.4 Å². The highest BCUT2D eigenvalue weighted by Crippen LogP contribution is 2.26. The zero-order valence-electron chi connectivity index (χ0n) is 23.9. The molecule has 2 aromatic carbocycles. The average Bonchev–Trinajstić information content (AvgIpc) is 2.77. The highest BCUT2D eigenvalue weighted by Gasteiger charge is 2.37. The molecule has 2 rings (SSSR count). The molecule has 0 spiro atoms. The highest BCUT2D eigenvalue weighted by molar-refractivity contribution is 5.92. The number of aryl methyl sites for hydroxylation is 1. The molecule has 8 nitrogen and oxygen atoms in total. The number of amides is 3. The summed E-state index contributed by atoms with van der Waals surface area (Å²) in [5.41, 5.74) is 1.12. The number of carbonyl (C=O) groups excluding carboxylic acids is 3. The molecule has 0 saturated carbocycles. The number of benzene rings is 2. The van der Waals surface area contributed by atoms with Crippen molar-refractivity contribution >= 4 is 17.9 Å². The van der Waals surface area contributed by atoms with E-state index in [-0.39, 0.29) is 18.1 Å². The van der Waals surface area contributed by atoms with Gasteiger partial charge in [0.2, 0.25) is 11.8 Å². The van der Waals surface area contributed by atoms with Crippen LogP contribution in [0.2, 0.25) is 0 Å². The Balaban J connectivity index is 2.54. The van der Waals surface area contributed by atoms with Crippen molar-refractivity contribution < 1.29 is 24.2 Å². The number of carbonyl (C=O) groups is 3. The zero-order chi connectivity index (χ0) is 28.7. The molecule has 0 heterocycles. The summed E-state index contributed by atoms with van der Waals surface area (Å²) >= 11 is 0. The Morgan fingerprint density at radius 1 is 1.00 bits per heavy atom. The van der Waals surface area contributed by atoms with E-state index in [1.807, 2.05) is 58.9 Å². The second-order valence-corrected chi connectivity index (χ2v) is 11.7. The van der Waals surface area contributed by atoms with E-state index in [2.05, 4.69) is 10.6 Å². The first kappa shape index (κ1) is 30.7. The highest BCUT2D eigenvalue weighted by atomic mass is 16.6. The number of rotatable bonds is 9. The van der Waals surface area contributed by atoms with Gasteiger partial charge >= 0.3 is 6.09 Å². The first-order chi connectivity index (χ1) is 17.6. The molecule has 8 heteroatoms. The number of alkyl carbamates (subject to hydrolysis) is 1. The molecule has 0 aliphatic heterocycles. The number of nitrogens with zero attached hydrogens (tertiary/aromatic N) is 1. The molecule has 0 aliphatic rings. The Bertz CT molecular complexity index is 1100. The smallest absolute Gasteiger partial charge is 0.408 e. The molecular formula is C30H43N3O5. The van der Waals surface area contributed by atoms with E-state index >= 15 is 0 Å². The number of hydrogen-bond acceptors (Lipinski definition) is 5. The number of aromatic hydroxyl groups is 1. The van der Waals surface area contributed by atoms with Crippen LogP contribution in [-0.2, 0) is 20.7 Å². The van der Waals surface area contributed by atoms with E-state index < -0.39 is 35.2 Å². The lowest BCUT2D eigenvalue weighted by Gasteiger charge is -2.36. The van der Waals surface area contributed by atoms with Crippen molar-refractivity contribution in [3.63, 3.8) is 0 Å². The van der Waals surface area contributed by atoms with Crippen molar-refractivity contribution in [2.24, 2.45) is 0 Å². The fraction of sp³-hybridized carbons (Fsp3) is 0.500. The molecular weight excluding hydrogens is 482 g/mol. The van der Waals surface area contributed by atoms with Gasteiger partial charge in [0.1, 0.15) is 23.4 Å². The largest absolute Gasteiger partial charge is 0.508 e. The van der Waals surface area contributed by atoms with Crippen molar-refractivity contribution in [3.8, 4) is 5.75 Å². The van der Waals surface area contributed by atoms with Crippen LogP contribution in [0.25, 0.3) is 0 Å². The molecule has 0 radical (unpaired) electrons. The fourth-order valence-electron chi connectivity index (χ4n) is 4.08. The molecule has 2 aromatic rings. The van der Waals surface area contributed by atoms with Crippen LogP contribution in [0.15, 0.2) is 48.5 Å². The zero-order valence-corrected chi connectivity index (χ0v) is 23.9. The van der Waals surface area contributed by atoms with Gasteiger partial charge in [0.25, 0.3) is 0 Å². The fourth-order valence-corrected chi connectivity index (χ4v) is 4.08. The van der Waals surface area contributed by atoms with Crippen LogP contribution in [0.4, 0.5) is 4.79 Å². The Hall–Kier alpha value is -3.55. The Morgan fingerprint density at radius 2 is 1.63 bits per heavy atom. The van der Waals surface area contributed by atoms with Crippen molar-refractivity contribution in [1.82, 2.24) is 15.5 Å². The molecule has 2 atom stereocenters. The molecule has 0 aromatic heterocycles. The predicted molar refractivity (Wildman–Crippen MR) is 149 cm³/mol. The quantitative estimate of drug-likeness (QED) is 0.426. The van der Waals surface area contributed by atoms with Gasteiger partial charge in [-0.2, -0.15) is 0 Å². The monoisotopic (exact) mass is 525 g/mol. The summed E-state index contributed by atoms with van der Waals surface area (Å²) in [6, 6.07) is 12.1. The number of hydrogen-bond donors (Lipinski definition) is 3. The number of phenols is 1. The maximum atomic E-state index is 14.2. The topological polar surface area (TPSA) is 108 Å². The van der Waals surface area contributed by atoms with Gasteiger partial charge in [-0.25, -0.2) is 4.79 Å². The van der Waals surface area contributed by atoms with Crippen molar-refractivity contribution in [1.29, 1.82) is 0 Å². The maximum Gasteiger partial charge on any atom is 0.408 e. The Morgan fingerprint density at radius 3 is 2.16 bits per heavy atom. The minimum absolute atomic E-state index is 0.0997. The molecule has 208 valence electrons. The minimum Gasteiger partial charge on any atom is -0.508 e. The predicted octanol–water partition coefficient (Wildman–Crippen LogP) is 5.03. The average molecular weight is 526 g/mol. The van der Waals surface area contributed by atoms with Gasteiger partial charge in [-0.05, 0) is 78.1 Å². The van der Waals surface area contributed by atoms with E-state index in [0.717, 1.165) is 11.1 Å². The second kappa shape index (κ2) is 12.8. The van der Waals surface area contributed by atoms with E-state index in [4.69, 9.17) is 4.74 Å². The molecule has 0 saturated heterocycles. The molecule has 0 fully saturated rings. The van der Waals surface area contributed by atoms with Gasteiger partial charge in [-0.1, -0.05) is 48.9 Å². The van der Waals surface area contributed by atoms with Crippen LogP contribution < -0.4 is 10.6 Å². The molecule has 38 heavy (non-hydrogen) atoms. The summed E-state index contributed by atoms with van der Waals surface area (Å²) < 4.78 is 5.45. The van der Waals surface area contributed by atoms with Crippen molar-refractivity contribution in [2.45, 2.75) is 91.5 Å². The summed E-state index contributed by atoms with van der Waals surface area (Å²) in [4.78, 5) is 42.2. The third-order valence-corrected chi connectivity index (χ3v) is 5.53. The van der Waals surface area contributed by atoms with Crippen LogP contribution in [0.3, 0.4) is 0 Å². The van der Waals surface area contributed by atoms with Crippen molar-refractivity contribution in [2.75, 3.05) is 6.54 Å². The van der Waals surface area contributed by atoms with Gasteiger partial charge in [-0.15, -0.1) is 0 Å². The first-order valence-corrected chi connectivity index (χ1v) is 13.1. The lowest BCUT2D eigenvalue weighted by atomic mass is 9.98. The van der Waals surface area contributed by atoms with Crippen LogP contribution in [-0.4, -0.2) is 51.6 Å². The standard InChI is InChI=1S/C30H43N3O5/c1-9-17-33(25(26(35)32-29(3,4)5)22-12-10-11-20(2)18-22)27(36)24(31-28(37)38-30(6,7)8)19-21-13-15-23(34)16-14-21/h10-16,18,24-25,34H,9,17,19H2,1-8H3,(H,31,37)(H,32,35). The number of phenolic OH excluding ortho intramolecular Hbond substituents is 1. The van der Waals surface area contributed by atoms with E-state index in [0.29, 0.717) is 18.5 Å². The normalized spacial score (nSPS) is 13.3. The second-order valence-electron chi connectivity index (χ2n) is 11.7. The SMILES string of the molecule is CCCN(C(=O)C(Cc1ccc(O)cc1)NC(=O)OC(C)(C)C)C(C(=O)NC(C)(C)C)c1cccc(C)c1. The van der Waals surface area contributed by atoms with Gasteiger partial charge in [0, 0.05) is 18.5 Å². The molecule has 3 N–H and O–H groups in total. The Labute approximate surface area is 226 Å². The lowest BCUT2D eigenvalue weighted by molar-refractivity contribution is -0.143. The van der Waals surface area contributed by atoms with E-state index in [1.54, 1.807) is 32.9 Å². The Kier molecular flexibility index (Phi) is 10.3. The third kappa shape index (κ3) is 9.72. The molecule has 2 unspecified atom stereocenters. The van der Waals surface area contributed by atoms with Gasteiger partial charge in [0.05, 0.1) is 0 Å². The van der Waals surface area contributed by atoms with E-state index in [1.165, 1.54) is 17.0 Å². The summed E-state index contributed by atoms with van der Waals surface area (Å²) in [5, 5.41) is 15.5. The van der Waals surface area contributed by atoms with Crippen LogP contribution >= 0.6 is 0 Å². The number of ether oxygens (including phenoxy) is 1. The number of nitrogens with one attached hydrogen (secondary N) is 2. The first-order valence-electron chi connectivity index (χ1n) is 13.1. The summed E-state index contributed by atoms with van der Waals surface area (Å²) in [6.45, 7) is 15.1. The van der Waals surface area contributed by atoms with Crippen LogP contribution in [0.5, 0.6) is 5.75 Å². The third-order valence-electron chi connectivity index (χ3n) is 5.53. The van der Waals surface area contributed by atoms with Crippen LogP contribution in [0, 0.1) is 6.92 Å². The van der Waals surface area contributed by atoms with E-state index in [9.17, 15) is 19.5 Å². The summed E-state index contributed by atoms with van der Waals surface area (Å²) in [5.74, 6) is -0.602. The van der Waals surface area contributed by atoms with Crippen LogP contribution in [0.1, 0.15) is 77.6 Å². The molecule has 3 amide bonds. The minimum atomic E-state index is -1.00.